The molecule has 0 saturated carbocycles. The fraction of sp³-hybridized carbons (Fsp3) is 0.571. The molecule has 2 N–H and O–H groups in total. The maximum atomic E-state index is 5.67. The summed E-state index contributed by atoms with van der Waals surface area (Å²) in [4.78, 5) is 3.82. The molecule has 1 aliphatic heterocycles. The van der Waals surface area contributed by atoms with Crippen molar-refractivity contribution < 1.29 is 0 Å². The topological polar surface area (TPSA) is 29.3 Å². The molecule has 2 rings (SSSR count). The Morgan fingerprint density at radius 2 is 2.12 bits per heavy atom. The highest BCUT2D eigenvalue weighted by Crippen LogP contribution is 2.37. The van der Waals surface area contributed by atoms with Crippen LogP contribution in [-0.2, 0) is 5.41 Å². The Hall–Kier alpha value is -0.670. The number of rotatable bonds is 2. The molecule has 0 bridgehead atoms. The maximum Gasteiger partial charge on any atom is 0.0505 e. The summed E-state index contributed by atoms with van der Waals surface area (Å²) in [5, 5.41) is 0. The fourth-order valence-corrected chi connectivity index (χ4v) is 3.22. The van der Waals surface area contributed by atoms with Gasteiger partial charge < -0.3 is 10.6 Å². The number of benzene rings is 1. The minimum absolute atomic E-state index is 0.228. The van der Waals surface area contributed by atoms with Gasteiger partial charge in [-0.05, 0) is 23.1 Å². The van der Waals surface area contributed by atoms with Crippen LogP contribution >= 0.6 is 11.8 Å². The molecule has 1 aromatic rings. The average Bonchev–Trinajstić information content (AvgIpc) is 2.28. The summed E-state index contributed by atoms with van der Waals surface area (Å²) in [5.41, 5.74) is 8.67. The summed E-state index contributed by atoms with van der Waals surface area (Å²) >= 11 is 1.97. The van der Waals surface area contributed by atoms with Crippen LogP contribution in [0.4, 0.5) is 5.69 Å². The largest absolute Gasteiger partial charge is 0.369 e. The Bertz CT molecular complexity index is 396. The quantitative estimate of drug-likeness (QED) is 0.875. The first kappa shape index (κ1) is 12.8. The molecule has 0 fully saturated rings. The molecule has 0 amide bonds. The van der Waals surface area contributed by atoms with Gasteiger partial charge in [0, 0.05) is 30.3 Å². The molecule has 1 aromatic carbocycles. The summed E-state index contributed by atoms with van der Waals surface area (Å²) in [5.74, 6) is 1.17. The van der Waals surface area contributed by atoms with Crippen molar-refractivity contribution in [2.45, 2.75) is 31.1 Å². The van der Waals surface area contributed by atoms with Crippen LogP contribution in [0.2, 0.25) is 0 Å². The van der Waals surface area contributed by atoms with Crippen LogP contribution in [-0.4, -0.2) is 25.4 Å². The molecule has 0 unspecified atom stereocenters. The van der Waals surface area contributed by atoms with Crippen molar-refractivity contribution in [3.63, 3.8) is 0 Å². The van der Waals surface area contributed by atoms with Gasteiger partial charge in [-0.25, -0.2) is 0 Å². The second-order valence-electron chi connectivity index (χ2n) is 5.56. The first-order valence-corrected chi connectivity index (χ1v) is 7.23. The molecule has 0 saturated heterocycles. The smallest absolute Gasteiger partial charge is 0.0505 e. The molecule has 17 heavy (non-hydrogen) atoms. The van der Waals surface area contributed by atoms with Gasteiger partial charge >= 0.3 is 0 Å². The van der Waals surface area contributed by atoms with Crippen LogP contribution in [0.15, 0.2) is 23.1 Å². The van der Waals surface area contributed by atoms with Gasteiger partial charge in [0.2, 0.25) is 0 Å². The molecule has 1 heterocycles. The van der Waals surface area contributed by atoms with Gasteiger partial charge in [-0.15, -0.1) is 11.8 Å². The number of nitrogens with two attached hydrogens (primary N) is 1. The predicted octanol–water partition coefficient (Wildman–Crippen LogP) is 2.85. The third-order valence-corrected chi connectivity index (χ3v) is 4.21. The summed E-state index contributed by atoms with van der Waals surface area (Å²) in [7, 11) is 0. The molecule has 2 nitrogen and oxygen atoms in total. The van der Waals surface area contributed by atoms with Crippen LogP contribution in [0.5, 0.6) is 0 Å². The minimum Gasteiger partial charge on any atom is -0.369 e. The second kappa shape index (κ2) is 4.91. The molecule has 1 aliphatic rings. The maximum absolute atomic E-state index is 5.67. The molecular formula is C14H22N2S. The molecule has 0 spiro atoms. The standard InChI is InChI=1S/C14H22N2S/c1-14(2,3)11-4-5-12-13(10-11)17-9-8-16(12)7-6-15/h4-5,10H,6-9,15H2,1-3H3. The van der Waals surface area contributed by atoms with Crippen molar-refractivity contribution in [2.75, 3.05) is 30.3 Å². The van der Waals surface area contributed by atoms with E-state index in [1.807, 2.05) is 11.8 Å². The summed E-state index contributed by atoms with van der Waals surface area (Å²) in [6, 6.07) is 6.87. The van der Waals surface area contributed by atoms with Crippen molar-refractivity contribution in [1.82, 2.24) is 0 Å². The number of fused-ring (bicyclic) bond motifs is 1. The Kier molecular flexibility index (Phi) is 3.69. The van der Waals surface area contributed by atoms with Crippen molar-refractivity contribution in [3.05, 3.63) is 23.8 Å². The molecule has 94 valence electrons. The number of nitrogens with zero attached hydrogens (tertiary/aromatic N) is 1. The Morgan fingerprint density at radius 1 is 1.35 bits per heavy atom. The molecule has 0 aliphatic carbocycles. The highest BCUT2D eigenvalue weighted by molar-refractivity contribution is 7.99. The van der Waals surface area contributed by atoms with Gasteiger partial charge in [0.05, 0.1) is 5.69 Å². The second-order valence-corrected chi connectivity index (χ2v) is 6.69. The van der Waals surface area contributed by atoms with E-state index in [9.17, 15) is 0 Å². The van der Waals surface area contributed by atoms with E-state index in [2.05, 4.69) is 43.9 Å². The number of thioether (sulfide) groups is 1. The normalized spacial score (nSPS) is 15.9. The van der Waals surface area contributed by atoms with Gasteiger partial charge in [0.15, 0.2) is 0 Å². The number of anilines is 1. The highest BCUT2D eigenvalue weighted by atomic mass is 32.2. The Morgan fingerprint density at radius 3 is 2.76 bits per heavy atom. The van der Waals surface area contributed by atoms with Gasteiger partial charge in [-0.2, -0.15) is 0 Å². The van der Waals surface area contributed by atoms with Crippen LogP contribution in [0.1, 0.15) is 26.3 Å². The minimum atomic E-state index is 0.228. The summed E-state index contributed by atoms with van der Waals surface area (Å²) in [6.45, 7) is 9.59. The van der Waals surface area contributed by atoms with Gasteiger partial charge in [-0.1, -0.05) is 26.8 Å². The van der Waals surface area contributed by atoms with Crippen molar-refractivity contribution in [2.24, 2.45) is 5.73 Å². The lowest BCUT2D eigenvalue weighted by atomic mass is 9.87. The van der Waals surface area contributed by atoms with Crippen molar-refractivity contribution in [3.8, 4) is 0 Å². The van der Waals surface area contributed by atoms with Gasteiger partial charge in [-0.3, -0.25) is 0 Å². The van der Waals surface area contributed by atoms with E-state index in [1.165, 1.54) is 21.9 Å². The summed E-state index contributed by atoms with van der Waals surface area (Å²) < 4.78 is 0. The van der Waals surface area contributed by atoms with Crippen LogP contribution in [0.25, 0.3) is 0 Å². The van der Waals surface area contributed by atoms with E-state index in [0.717, 1.165) is 19.6 Å². The molecule has 0 atom stereocenters. The Balaban J connectivity index is 2.33. The predicted molar refractivity (Wildman–Crippen MR) is 77.1 cm³/mol. The lowest BCUT2D eigenvalue weighted by Crippen LogP contribution is -2.33. The van der Waals surface area contributed by atoms with Crippen LogP contribution in [0, 0.1) is 0 Å². The van der Waals surface area contributed by atoms with E-state index in [1.54, 1.807) is 0 Å². The van der Waals surface area contributed by atoms with E-state index in [0.29, 0.717) is 0 Å². The fourth-order valence-electron chi connectivity index (χ4n) is 2.13. The monoisotopic (exact) mass is 250 g/mol. The highest BCUT2D eigenvalue weighted by Gasteiger charge is 2.20. The Labute approximate surface area is 109 Å². The van der Waals surface area contributed by atoms with Crippen LogP contribution in [0.3, 0.4) is 0 Å². The number of hydrogen-bond acceptors (Lipinski definition) is 3. The molecule has 3 heteroatoms. The first-order chi connectivity index (χ1) is 8.02. The van der Waals surface area contributed by atoms with Crippen molar-refractivity contribution >= 4 is 17.4 Å². The van der Waals surface area contributed by atoms with E-state index >= 15 is 0 Å². The lowest BCUT2D eigenvalue weighted by molar-refractivity contribution is 0.588. The third kappa shape index (κ3) is 2.78. The lowest BCUT2D eigenvalue weighted by Gasteiger charge is -2.32. The van der Waals surface area contributed by atoms with Crippen molar-refractivity contribution in [1.29, 1.82) is 0 Å². The average molecular weight is 250 g/mol. The molecule has 0 aromatic heterocycles. The SMILES string of the molecule is CC(C)(C)c1ccc2c(c1)SCCN2CCN. The zero-order valence-corrected chi connectivity index (χ0v) is 11.8. The third-order valence-electron chi connectivity index (χ3n) is 3.18. The van der Waals surface area contributed by atoms with Gasteiger partial charge in [0.25, 0.3) is 0 Å². The zero-order chi connectivity index (χ0) is 12.5. The van der Waals surface area contributed by atoms with Crippen LogP contribution < -0.4 is 10.6 Å². The van der Waals surface area contributed by atoms with E-state index in [-0.39, 0.29) is 5.41 Å². The zero-order valence-electron chi connectivity index (χ0n) is 11.0. The first-order valence-electron chi connectivity index (χ1n) is 6.25. The van der Waals surface area contributed by atoms with Gasteiger partial charge in [0.1, 0.15) is 0 Å². The number of hydrogen-bond donors (Lipinski definition) is 1. The molecule has 0 radical (unpaired) electrons. The van der Waals surface area contributed by atoms with E-state index in [4.69, 9.17) is 5.73 Å². The summed E-state index contributed by atoms with van der Waals surface area (Å²) in [6.07, 6.45) is 0. The molecular weight excluding hydrogens is 228 g/mol. The van der Waals surface area contributed by atoms with E-state index < -0.39 is 0 Å².